The molecule has 1 aromatic rings. The summed E-state index contributed by atoms with van der Waals surface area (Å²) in [5, 5.41) is 12.1. The molecular formula is C18H25NO3S. The maximum atomic E-state index is 12.5. The number of nitrogens with zero attached hydrogens (tertiary/aromatic N) is 1. The number of carbonyl (C=O) groups is 2. The molecule has 0 saturated carbocycles. The van der Waals surface area contributed by atoms with Gasteiger partial charge in [0.15, 0.2) is 11.5 Å². The molecule has 23 heavy (non-hydrogen) atoms. The SMILES string of the molecule is CCCCC(CC)CN1C(=O)C(O)=C(C(C)=O)C1c1cccs1. The van der Waals surface area contributed by atoms with Gasteiger partial charge >= 0.3 is 0 Å². The maximum absolute atomic E-state index is 12.5. The zero-order chi connectivity index (χ0) is 17.0. The summed E-state index contributed by atoms with van der Waals surface area (Å²) in [6.45, 7) is 6.28. The first-order valence-corrected chi connectivity index (χ1v) is 9.17. The van der Waals surface area contributed by atoms with E-state index in [1.165, 1.54) is 18.3 Å². The Hall–Kier alpha value is -1.62. The topological polar surface area (TPSA) is 57.6 Å². The molecule has 0 fully saturated rings. The molecular weight excluding hydrogens is 310 g/mol. The van der Waals surface area contributed by atoms with Gasteiger partial charge in [0.05, 0.1) is 11.6 Å². The van der Waals surface area contributed by atoms with Gasteiger partial charge in [0.1, 0.15) is 0 Å². The summed E-state index contributed by atoms with van der Waals surface area (Å²) in [7, 11) is 0. The third-order valence-electron chi connectivity index (χ3n) is 4.49. The third kappa shape index (κ3) is 3.66. The van der Waals surface area contributed by atoms with E-state index in [0.29, 0.717) is 12.5 Å². The largest absolute Gasteiger partial charge is 0.503 e. The fraction of sp³-hybridized carbons (Fsp3) is 0.556. The Morgan fingerprint density at radius 1 is 1.43 bits per heavy atom. The molecule has 0 aliphatic carbocycles. The highest BCUT2D eigenvalue weighted by atomic mass is 32.1. The van der Waals surface area contributed by atoms with E-state index in [9.17, 15) is 14.7 Å². The number of thiophene rings is 1. The minimum Gasteiger partial charge on any atom is -0.503 e. The van der Waals surface area contributed by atoms with Crippen LogP contribution >= 0.6 is 11.3 Å². The zero-order valence-electron chi connectivity index (χ0n) is 14.0. The van der Waals surface area contributed by atoms with Crippen molar-refractivity contribution < 1.29 is 14.7 Å². The number of carbonyl (C=O) groups excluding carboxylic acids is 2. The molecule has 0 aromatic carbocycles. The number of rotatable bonds is 8. The van der Waals surface area contributed by atoms with Crippen molar-refractivity contribution in [3.63, 3.8) is 0 Å². The molecule has 0 saturated heterocycles. The van der Waals surface area contributed by atoms with Crippen molar-refractivity contribution in [3.05, 3.63) is 33.7 Å². The normalized spacial score (nSPS) is 19.5. The van der Waals surface area contributed by atoms with Crippen molar-refractivity contribution in [2.24, 2.45) is 5.92 Å². The Morgan fingerprint density at radius 3 is 2.70 bits per heavy atom. The highest BCUT2D eigenvalue weighted by Gasteiger charge is 2.43. The molecule has 2 heterocycles. The second-order valence-electron chi connectivity index (χ2n) is 6.11. The van der Waals surface area contributed by atoms with Crippen LogP contribution in [0.3, 0.4) is 0 Å². The van der Waals surface area contributed by atoms with Crippen LogP contribution in [0.4, 0.5) is 0 Å². The lowest BCUT2D eigenvalue weighted by atomic mass is 9.97. The molecule has 4 nitrogen and oxygen atoms in total. The average Bonchev–Trinajstić information content (AvgIpc) is 3.12. The molecule has 2 rings (SSSR count). The highest BCUT2D eigenvalue weighted by molar-refractivity contribution is 7.10. The molecule has 0 spiro atoms. The van der Waals surface area contributed by atoms with Crippen molar-refractivity contribution in [2.45, 2.75) is 52.5 Å². The predicted molar refractivity (Wildman–Crippen MR) is 92.4 cm³/mol. The van der Waals surface area contributed by atoms with Gasteiger partial charge in [-0.15, -0.1) is 11.3 Å². The van der Waals surface area contributed by atoms with Gasteiger partial charge in [-0.1, -0.05) is 39.2 Å². The van der Waals surface area contributed by atoms with Crippen LogP contribution in [0.15, 0.2) is 28.8 Å². The van der Waals surface area contributed by atoms with Crippen molar-refractivity contribution >= 4 is 23.0 Å². The summed E-state index contributed by atoms with van der Waals surface area (Å²) in [4.78, 5) is 27.1. The van der Waals surface area contributed by atoms with Crippen LogP contribution < -0.4 is 0 Å². The van der Waals surface area contributed by atoms with E-state index in [2.05, 4.69) is 13.8 Å². The molecule has 0 radical (unpaired) electrons. The molecule has 1 aliphatic rings. The van der Waals surface area contributed by atoms with Crippen LogP contribution in [0.1, 0.15) is 57.4 Å². The van der Waals surface area contributed by atoms with Gasteiger partial charge < -0.3 is 10.0 Å². The lowest BCUT2D eigenvalue weighted by molar-refractivity contribution is -0.130. The van der Waals surface area contributed by atoms with Gasteiger partial charge in [0, 0.05) is 11.4 Å². The standard InChI is InChI=1S/C18H25NO3S/c1-4-6-8-13(5-2)11-19-16(14-9-7-10-23-14)15(12(3)20)17(21)18(19)22/h7,9-10,13,16,21H,4-6,8,11H2,1-3H3. The molecule has 1 aromatic heterocycles. The Labute approximate surface area is 141 Å². The van der Waals surface area contributed by atoms with E-state index < -0.39 is 11.9 Å². The molecule has 126 valence electrons. The van der Waals surface area contributed by atoms with Crippen molar-refractivity contribution in [2.75, 3.05) is 6.54 Å². The number of amides is 1. The fourth-order valence-corrected chi connectivity index (χ4v) is 3.98. The highest BCUT2D eigenvalue weighted by Crippen LogP contribution is 2.40. The monoisotopic (exact) mass is 335 g/mol. The summed E-state index contributed by atoms with van der Waals surface area (Å²) >= 11 is 1.51. The average molecular weight is 335 g/mol. The molecule has 0 bridgehead atoms. The summed E-state index contributed by atoms with van der Waals surface area (Å²) < 4.78 is 0. The number of aliphatic hydroxyl groups excluding tert-OH is 1. The zero-order valence-corrected chi connectivity index (χ0v) is 14.9. The molecule has 5 heteroatoms. The Balaban J connectivity index is 2.30. The quantitative estimate of drug-likeness (QED) is 0.772. The molecule has 2 unspecified atom stereocenters. The number of Topliss-reactive ketones (excluding diaryl/α,β-unsaturated/α-hetero) is 1. The van der Waals surface area contributed by atoms with Crippen molar-refractivity contribution in [3.8, 4) is 0 Å². The molecule has 1 N–H and O–H groups in total. The lowest BCUT2D eigenvalue weighted by Crippen LogP contribution is -2.35. The third-order valence-corrected chi connectivity index (χ3v) is 5.42. The minimum atomic E-state index is -0.435. The summed E-state index contributed by atoms with van der Waals surface area (Å²) in [6.07, 6.45) is 4.30. The van der Waals surface area contributed by atoms with Gasteiger partial charge in [-0.25, -0.2) is 0 Å². The minimum absolute atomic E-state index is 0.238. The van der Waals surface area contributed by atoms with E-state index in [4.69, 9.17) is 0 Å². The van der Waals surface area contributed by atoms with Crippen LogP contribution in [0.2, 0.25) is 0 Å². The number of ketones is 1. The van der Waals surface area contributed by atoms with Crippen molar-refractivity contribution in [1.82, 2.24) is 4.90 Å². The molecule has 1 amide bonds. The van der Waals surface area contributed by atoms with Gasteiger partial charge in [0.2, 0.25) is 0 Å². The lowest BCUT2D eigenvalue weighted by Gasteiger charge is -2.29. The van der Waals surface area contributed by atoms with Crippen LogP contribution in [0.5, 0.6) is 0 Å². The fourth-order valence-electron chi connectivity index (χ4n) is 3.14. The molecule has 2 atom stereocenters. The predicted octanol–water partition coefficient (Wildman–Crippen LogP) is 4.25. The second-order valence-corrected chi connectivity index (χ2v) is 7.09. The smallest absolute Gasteiger partial charge is 0.290 e. The van der Waals surface area contributed by atoms with Gasteiger partial charge in [-0.3, -0.25) is 9.59 Å². The summed E-state index contributed by atoms with van der Waals surface area (Å²) in [5.41, 5.74) is 0.239. The van der Waals surface area contributed by atoms with Crippen LogP contribution in [0.25, 0.3) is 0 Å². The van der Waals surface area contributed by atoms with Crippen LogP contribution in [-0.4, -0.2) is 28.2 Å². The first-order chi connectivity index (χ1) is 11.0. The summed E-state index contributed by atoms with van der Waals surface area (Å²) in [5.74, 6) is -0.636. The van der Waals surface area contributed by atoms with E-state index in [0.717, 1.165) is 30.6 Å². The maximum Gasteiger partial charge on any atom is 0.290 e. The van der Waals surface area contributed by atoms with Gasteiger partial charge in [-0.2, -0.15) is 0 Å². The first-order valence-electron chi connectivity index (χ1n) is 8.29. The van der Waals surface area contributed by atoms with E-state index in [1.54, 1.807) is 4.90 Å². The summed E-state index contributed by atoms with van der Waals surface area (Å²) in [6, 6.07) is 3.39. The second kappa shape index (κ2) is 7.77. The number of hydrogen-bond acceptors (Lipinski definition) is 4. The van der Waals surface area contributed by atoms with Gasteiger partial charge in [0.25, 0.3) is 5.91 Å². The number of unbranched alkanes of at least 4 members (excludes halogenated alkanes) is 1. The Bertz CT molecular complexity index is 591. The number of hydrogen-bond donors (Lipinski definition) is 1. The van der Waals surface area contributed by atoms with Gasteiger partial charge in [-0.05, 0) is 30.7 Å². The van der Waals surface area contributed by atoms with Crippen LogP contribution in [-0.2, 0) is 9.59 Å². The Kier molecular flexibility index (Phi) is 5.99. The molecule has 1 aliphatic heterocycles. The van der Waals surface area contributed by atoms with Crippen LogP contribution in [0, 0.1) is 5.92 Å². The van der Waals surface area contributed by atoms with Crippen molar-refractivity contribution in [1.29, 1.82) is 0 Å². The van der Waals surface area contributed by atoms with E-state index >= 15 is 0 Å². The number of aliphatic hydroxyl groups is 1. The van der Waals surface area contributed by atoms with E-state index in [1.807, 2.05) is 17.5 Å². The van der Waals surface area contributed by atoms with E-state index in [-0.39, 0.29) is 17.1 Å². The Morgan fingerprint density at radius 2 is 2.17 bits per heavy atom. The first kappa shape index (κ1) is 17.7.